The van der Waals surface area contributed by atoms with Gasteiger partial charge in [0, 0.05) is 19.0 Å². The minimum Gasteiger partial charge on any atom is -0.444 e. The molecule has 1 fully saturated rings. The maximum absolute atomic E-state index is 12.0. The van der Waals surface area contributed by atoms with E-state index in [1.807, 2.05) is 45.1 Å². The highest BCUT2D eigenvalue weighted by Crippen LogP contribution is 2.34. The summed E-state index contributed by atoms with van der Waals surface area (Å²) in [6, 6.07) is 0. The highest BCUT2D eigenvalue weighted by molar-refractivity contribution is 5.68. The van der Waals surface area contributed by atoms with Gasteiger partial charge in [0.2, 0.25) is 0 Å². The second-order valence-corrected chi connectivity index (χ2v) is 6.39. The molecular weight excluding hydrogens is 242 g/mol. The molecule has 2 rings (SSSR count). The molecule has 0 saturated carbocycles. The van der Waals surface area contributed by atoms with E-state index in [2.05, 4.69) is 0 Å². The lowest BCUT2D eigenvalue weighted by atomic mass is 9.82. The number of nitrogens with zero attached hydrogens (tertiary/aromatic N) is 1. The monoisotopic (exact) mass is 265 g/mol. The Morgan fingerprint density at radius 3 is 2.74 bits per heavy atom. The van der Waals surface area contributed by atoms with Gasteiger partial charge in [0.1, 0.15) is 5.60 Å². The SMILES string of the molecule is CC(C)(C)OC(=O)N1CC[C@H]([C@]2(O)C=CC=CC2)C1. The molecule has 0 aromatic rings. The van der Waals surface area contributed by atoms with Crippen molar-refractivity contribution in [3.05, 3.63) is 24.3 Å². The molecule has 0 aromatic heterocycles. The molecule has 1 saturated heterocycles. The summed E-state index contributed by atoms with van der Waals surface area (Å²) < 4.78 is 5.36. The number of aliphatic hydroxyl groups is 1. The third-order valence-electron chi connectivity index (χ3n) is 3.62. The van der Waals surface area contributed by atoms with E-state index >= 15 is 0 Å². The maximum atomic E-state index is 12.0. The van der Waals surface area contributed by atoms with E-state index in [0.29, 0.717) is 19.5 Å². The standard InChI is InChI=1S/C15H23NO3/c1-14(2,3)19-13(17)16-10-7-12(11-16)15(18)8-5-4-6-9-15/h4-6,8,12,18H,7,9-11H2,1-3H3/t12-,15-/m0/s1. The lowest BCUT2D eigenvalue weighted by Gasteiger charge is -2.31. The number of likely N-dealkylation sites (tertiary alicyclic amines) is 1. The molecule has 2 atom stereocenters. The van der Waals surface area contributed by atoms with Crippen LogP contribution in [0.1, 0.15) is 33.6 Å². The van der Waals surface area contributed by atoms with Crippen molar-refractivity contribution in [3.63, 3.8) is 0 Å². The molecule has 19 heavy (non-hydrogen) atoms. The molecule has 1 heterocycles. The van der Waals surface area contributed by atoms with Crippen LogP contribution in [-0.2, 0) is 4.74 Å². The topological polar surface area (TPSA) is 49.8 Å². The summed E-state index contributed by atoms with van der Waals surface area (Å²) in [5.74, 6) is 0.0845. The Morgan fingerprint density at radius 2 is 2.16 bits per heavy atom. The number of carbonyl (C=O) groups is 1. The van der Waals surface area contributed by atoms with Gasteiger partial charge in [-0.1, -0.05) is 24.3 Å². The lowest BCUT2D eigenvalue weighted by molar-refractivity contribution is 0.0174. The summed E-state index contributed by atoms with van der Waals surface area (Å²) in [5.41, 5.74) is -1.29. The van der Waals surface area contributed by atoms with Crippen molar-refractivity contribution in [2.45, 2.75) is 44.8 Å². The average molecular weight is 265 g/mol. The van der Waals surface area contributed by atoms with Crippen LogP contribution in [0.25, 0.3) is 0 Å². The maximum Gasteiger partial charge on any atom is 0.410 e. The van der Waals surface area contributed by atoms with Crippen molar-refractivity contribution >= 4 is 6.09 Å². The molecule has 1 aliphatic heterocycles. The van der Waals surface area contributed by atoms with Crippen molar-refractivity contribution in [3.8, 4) is 0 Å². The van der Waals surface area contributed by atoms with Crippen LogP contribution >= 0.6 is 0 Å². The average Bonchev–Trinajstić information content (AvgIpc) is 2.77. The summed E-state index contributed by atoms with van der Waals surface area (Å²) >= 11 is 0. The summed E-state index contributed by atoms with van der Waals surface area (Å²) in [6.07, 6.45) is 8.78. The van der Waals surface area contributed by atoms with E-state index in [9.17, 15) is 9.90 Å². The third kappa shape index (κ3) is 3.38. The van der Waals surface area contributed by atoms with Gasteiger partial charge in [-0.25, -0.2) is 4.79 Å². The van der Waals surface area contributed by atoms with Crippen LogP contribution in [-0.4, -0.2) is 40.4 Å². The van der Waals surface area contributed by atoms with Crippen LogP contribution < -0.4 is 0 Å². The van der Waals surface area contributed by atoms with Gasteiger partial charge < -0.3 is 14.7 Å². The first-order valence-electron chi connectivity index (χ1n) is 6.85. The van der Waals surface area contributed by atoms with Crippen LogP contribution in [0.3, 0.4) is 0 Å². The van der Waals surface area contributed by atoms with Crippen LogP contribution in [0, 0.1) is 5.92 Å². The van der Waals surface area contributed by atoms with Gasteiger partial charge in [-0.3, -0.25) is 0 Å². The van der Waals surface area contributed by atoms with E-state index in [1.54, 1.807) is 4.90 Å². The smallest absolute Gasteiger partial charge is 0.410 e. The minimum absolute atomic E-state index is 0.0845. The third-order valence-corrected chi connectivity index (χ3v) is 3.62. The predicted molar refractivity (Wildman–Crippen MR) is 73.8 cm³/mol. The first kappa shape index (κ1) is 14.1. The van der Waals surface area contributed by atoms with Crippen LogP contribution in [0.15, 0.2) is 24.3 Å². The fraction of sp³-hybridized carbons (Fsp3) is 0.667. The fourth-order valence-electron chi connectivity index (χ4n) is 2.59. The number of carbonyl (C=O) groups excluding carboxylic acids is 1. The van der Waals surface area contributed by atoms with Crippen molar-refractivity contribution < 1.29 is 14.6 Å². The Hall–Kier alpha value is -1.29. The first-order valence-corrected chi connectivity index (χ1v) is 6.85. The van der Waals surface area contributed by atoms with Gasteiger partial charge in [0.25, 0.3) is 0 Å². The summed E-state index contributed by atoms with van der Waals surface area (Å²) in [7, 11) is 0. The molecule has 0 radical (unpaired) electrons. The normalized spacial score (nSPS) is 30.7. The molecule has 0 spiro atoms. The molecule has 0 bridgehead atoms. The van der Waals surface area contributed by atoms with E-state index in [-0.39, 0.29) is 12.0 Å². The quantitative estimate of drug-likeness (QED) is 0.792. The Balaban J connectivity index is 1.95. The number of hydrogen-bond acceptors (Lipinski definition) is 3. The zero-order valence-electron chi connectivity index (χ0n) is 11.9. The van der Waals surface area contributed by atoms with Gasteiger partial charge in [0.05, 0.1) is 5.60 Å². The largest absolute Gasteiger partial charge is 0.444 e. The number of hydrogen-bond donors (Lipinski definition) is 1. The van der Waals surface area contributed by atoms with Crippen molar-refractivity contribution in [2.24, 2.45) is 5.92 Å². The van der Waals surface area contributed by atoms with Gasteiger partial charge in [-0.15, -0.1) is 0 Å². The Labute approximate surface area is 114 Å². The Morgan fingerprint density at radius 1 is 1.42 bits per heavy atom. The minimum atomic E-state index is -0.814. The summed E-state index contributed by atoms with van der Waals surface area (Å²) in [5, 5.41) is 10.6. The molecule has 106 valence electrons. The molecule has 1 N–H and O–H groups in total. The Bertz CT molecular complexity index is 408. The van der Waals surface area contributed by atoms with Gasteiger partial charge in [0.15, 0.2) is 0 Å². The van der Waals surface area contributed by atoms with E-state index in [4.69, 9.17) is 4.74 Å². The highest BCUT2D eigenvalue weighted by Gasteiger charge is 2.40. The van der Waals surface area contributed by atoms with E-state index < -0.39 is 11.2 Å². The molecule has 1 amide bonds. The number of ether oxygens (including phenoxy) is 1. The summed E-state index contributed by atoms with van der Waals surface area (Å²) in [6.45, 7) is 6.80. The van der Waals surface area contributed by atoms with Crippen molar-refractivity contribution in [2.75, 3.05) is 13.1 Å². The molecule has 0 unspecified atom stereocenters. The van der Waals surface area contributed by atoms with Gasteiger partial charge in [-0.2, -0.15) is 0 Å². The summed E-state index contributed by atoms with van der Waals surface area (Å²) in [4.78, 5) is 13.7. The van der Waals surface area contributed by atoms with Gasteiger partial charge in [-0.05, 0) is 33.6 Å². The van der Waals surface area contributed by atoms with Crippen molar-refractivity contribution in [1.29, 1.82) is 0 Å². The zero-order valence-corrected chi connectivity index (χ0v) is 11.9. The lowest BCUT2D eigenvalue weighted by Crippen LogP contribution is -2.40. The van der Waals surface area contributed by atoms with Gasteiger partial charge >= 0.3 is 6.09 Å². The van der Waals surface area contributed by atoms with E-state index in [0.717, 1.165) is 6.42 Å². The second-order valence-electron chi connectivity index (χ2n) is 6.39. The number of allylic oxidation sites excluding steroid dienone is 2. The molecule has 1 aliphatic carbocycles. The second kappa shape index (κ2) is 5.00. The highest BCUT2D eigenvalue weighted by atomic mass is 16.6. The van der Waals surface area contributed by atoms with Crippen LogP contribution in [0.4, 0.5) is 4.79 Å². The Kier molecular flexibility index (Phi) is 3.72. The molecule has 2 aliphatic rings. The predicted octanol–water partition coefficient (Wildman–Crippen LogP) is 2.49. The number of rotatable bonds is 1. The molecule has 4 nitrogen and oxygen atoms in total. The van der Waals surface area contributed by atoms with Crippen molar-refractivity contribution in [1.82, 2.24) is 4.90 Å². The van der Waals surface area contributed by atoms with E-state index in [1.165, 1.54) is 0 Å². The molecule has 4 heteroatoms. The van der Waals surface area contributed by atoms with Crippen LogP contribution in [0.2, 0.25) is 0 Å². The zero-order chi connectivity index (χ0) is 14.1. The fourth-order valence-corrected chi connectivity index (χ4v) is 2.59. The van der Waals surface area contributed by atoms with Crippen LogP contribution in [0.5, 0.6) is 0 Å². The first-order chi connectivity index (χ1) is 8.80. The number of amides is 1. The molecular formula is C15H23NO3. The molecule has 0 aromatic carbocycles.